The molecule has 2 aromatic carbocycles. The number of halogens is 6. The van der Waals surface area contributed by atoms with Crippen molar-refractivity contribution in [1.29, 1.82) is 0 Å². The van der Waals surface area contributed by atoms with Crippen molar-refractivity contribution in [2.24, 2.45) is 0 Å². The number of alkyl halides is 3. The fraction of sp³-hybridized carbons (Fsp3) is 0.176. The normalized spacial score (nSPS) is 11.2. The van der Waals surface area contributed by atoms with Gasteiger partial charge >= 0.3 is 12.2 Å². The van der Waals surface area contributed by atoms with Gasteiger partial charge in [0, 0.05) is 11.4 Å². The Labute approximate surface area is 167 Å². The highest BCUT2D eigenvalue weighted by molar-refractivity contribution is 6.38. The molecule has 2 rings (SSSR count). The Hall–Kier alpha value is -1.96. The molecule has 0 atom stereocenters. The van der Waals surface area contributed by atoms with Crippen molar-refractivity contribution >= 4 is 52.4 Å². The second kappa shape index (κ2) is 8.82. The van der Waals surface area contributed by atoms with E-state index in [4.69, 9.17) is 34.8 Å². The maximum Gasteiger partial charge on any atom is 0.389 e. The first-order chi connectivity index (χ1) is 12.6. The fourth-order valence-corrected chi connectivity index (χ4v) is 2.99. The minimum atomic E-state index is -4.38. The lowest BCUT2D eigenvalue weighted by Gasteiger charge is -2.14. The van der Waals surface area contributed by atoms with Crippen molar-refractivity contribution in [2.75, 3.05) is 5.32 Å². The third-order valence-electron chi connectivity index (χ3n) is 3.44. The molecule has 0 aliphatic rings. The number of amides is 3. The molecule has 0 fully saturated rings. The summed E-state index contributed by atoms with van der Waals surface area (Å²) in [4.78, 5) is 24.1. The Kier molecular flexibility index (Phi) is 6.97. The second-order valence-corrected chi connectivity index (χ2v) is 6.58. The van der Waals surface area contributed by atoms with E-state index in [1.54, 1.807) is 12.1 Å². The highest BCUT2D eigenvalue weighted by atomic mass is 35.5. The topological polar surface area (TPSA) is 58.2 Å². The molecule has 0 saturated heterocycles. The zero-order valence-corrected chi connectivity index (χ0v) is 15.7. The van der Waals surface area contributed by atoms with Gasteiger partial charge in [0.2, 0.25) is 0 Å². The molecule has 0 bridgehead atoms. The average molecular weight is 440 g/mol. The first-order valence-electron chi connectivity index (χ1n) is 7.49. The van der Waals surface area contributed by atoms with Gasteiger partial charge in [-0.25, -0.2) is 4.79 Å². The molecule has 0 unspecified atom stereocenters. The van der Waals surface area contributed by atoms with Crippen LogP contribution in [0.1, 0.15) is 22.3 Å². The smallest absolute Gasteiger partial charge is 0.306 e. The lowest BCUT2D eigenvalue weighted by Crippen LogP contribution is -2.34. The SMILES string of the molecule is O=C(NC(=O)c1ccccc1Cl)Nc1ccc(Cl)c(CCC(F)(F)F)c1Cl. The van der Waals surface area contributed by atoms with Gasteiger partial charge in [0.15, 0.2) is 0 Å². The average Bonchev–Trinajstić information content (AvgIpc) is 2.56. The van der Waals surface area contributed by atoms with Crippen LogP contribution in [0.4, 0.5) is 23.7 Å². The third kappa shape index (κ3) is 6.02. The molecule has 4 nitrogen and oxygen atoms in total. The van der Waals surface area contributed by atoms with E-state index < -0.39 is 31.0 Å². The van der Waals surface area contributed by atoms with Gasteiger partial charge in [0.25, 0.3) is 5.91 Å². The molecule has 0 aliphatic heterocycles. The number of carbonyl (C=O) groups excluding carboxylic acids is 2. The molecule has 27 heavy (non-hydrogen) atoms. The van der Waals surface area contributed by atoms with Crippen molar-refractivity contribution in [3.8, 4) is 0 Å². The van der Waals surface area contributed by atoms with E-state index in [1.807, 2.05) is 0 Å². The number of anilines is 1. The van der Waals surface area contributed by atoms with Gasteiger partial charge in [-0.15, -0.1) is 0 Å². The predicted molar refractivity (Wildman–Crippen MR) is 98.8 cm³/mol. The largest absolute Gasteiger partial charge is 0.389 e. The number of carbonyl (C=O) groups is 2. The van der Waals surface area contributed by atoms with Gasteiger partial charge < -0.3 is 5.32 Å². The van der Waals surface area contributed by atoms with E-state index in [9.17, 15) is 22.8 Å². The molecule has 0 aromatic heterocycles. The molecule has 2 N–H and O–H groups in total. The number of imide groups is 1. The summed E-state index contributed by atoms with van der Waals surface area (Å²) in [7, 11) is 0. The van der Waals surface area contributed by atoms with Crippen LogP contribution < -0.4 is 10.6 Å². The maximum atomic E-state index is 12.4. The molecule has 3 amide bonds. The quantitative estimate of drug-likeness (QED) is 0.604. The summed E-state index contributed by atoms with van der Waals surface area (Å²) < 4.78 is 37.3. The number of nitrogens with one attached hydrogen (secondary N) is 2. The van der Waals surface area contributed by atoms with E-state index in [0.29, 0.717) is 0 Å². The Balaban J connectivity index is 2.11. The van der Waals surface area contributed by atoms with Crippen LogP contribution in [0.3, 0.4) is 0 Å². The monoisotopic (exact) mass is 438 g/mol. The van der Waals surface area contributed by atoms with Gasteiger partial charge in [0.1, 0.15) is 0 Å². The molecule has 144 valence electrons. The van der Waals surface area contributed by atoms with Gasteiger partial charge in [-0.3, -0.25) is 10.1 Å². The number of hydrogen-bond acceptors (Lipinski definition) is 2. The van der Waals surface area contributed by atoms with Crippen molar-refractivity contribution in [1.82, 2.24) is 5.32 Å². The summed E-state index contributed by atoms with van der Waals surface area (Å²) in [5, 5.41) is 4.43. The summed E-state index contributed by atoms with van der Waals surface area (Å²) in [6, 6.07) is 7.81. The summed E-state index contributed by atoms with van der Waals surface area (Å²) in [5.41, 5.74) is 0.149. The van der Waals surface area contributed by atoms with E-state index in [2.05, 4.69) is 10.6 Å². The molecule has 0 heterocycles. The Morgan fingerprint density at radius 3 is 2.26 bits per heavy atom. The van der Waals surface area contributed by atoms with Crippen molar-refractivity contribution in [2.45, 2.75) is 19.0 Å². The lowest BCUT2D eigenvalue weighted by atomic mass is 10.1. The number of urea groups is 1. The molecule has 0 radical (unpaired) electrons. The highest BCUT2D eigenvalue weighted by Gasteiger charge is 2.28. The van der Waals surface area contributed by atoms with Crippen LogP contribution in [0.2, 0.25) is 15.1 Å². The summed E-state index contributed by atoms with van der Waals surface area (Å²) >= 11 is 17.8. The van der Waals surface area contributed by atoms with Gasteiger partial charge in [-0.2, -0.15) is 13.2 Å². The van der Waals surface area contributed by atoms with Crippen LogP contribution >= 0.6 is 34.8 Å². The van der Waals surface area contributed by atoms with E-state index in [1.165, 1.54) is 24.3 Å². The van der Waals surface area contributed by atoms with Crippen LogP contribution in [0.15, 0.2) is 36.4 Å². The molecule has 10 heteroatoms. The van der Waals surface area contributed by atoms with Crippen LogP contribution in [0.5, 0.6) is 0 Å². The molecular formula is C17H12Cl3F3N2O2. The highest BCUT2D eigenvalue weighted by Crippen LogP contribution is 2.34. The zero-order valence-electron chi connectivity index (χ0n) is 13.5. The first-order valence-corrected chi connectivity index (χ1v) is 8.62. The predicted octanol–water partition coefficient (Wildman–Crippen LogP) is 6.10. The van der Waals surface area contributed by atoms with Gasteiger partial charge in [0.05, 0.1) is 21.3 Å². The minimum Gasteiger partial charge on any atom is -0.306 e. The Morgan fingerprint density at radius 1 is 0.963 bits per heavy atom. The Bertz CT molecular complexity index is 873. The van der Waals surface area contributed by atoms with E-state index >= 15 is 0 Å². The van der Waals surface area contributed by atoms with Crippen LogP contribution in [-0.2, 0) is 6.42 Å². The number of hydrogen-bond donors (Lipinski definition) is 2. The standard InChI is InChI=1S/C17H12Cl3F3N2O2/c18-11-4-2-1-3-10(11)15(26)25-16(27)24-13-6-5-12(19)9(14(13)20)7-8-17(21,22)23/h1-6H,7-8H2,(H2,24,25,26,27). The zero-order chi connectivity index (χ0) is 20.2. The summed E-state index contributed by atoms with van der Waals surface area (Å²) in [5.74, 6) is -0.750. The van der Waals surface area contributed by atoms with Crippen molar-refractivity contribution < 1.29 is 22.8 Å². The fourth-order valence-electron chi connectivity index (χ4n) is 2.16. The number of benzene rings is 2. The van der Waals surface area contributed by atoms with Crippen molar-refractivity contribution in [3.05, 3.63) is 62.6 Å². The first kappa shape index (κ1) is 21.3. The lowest BCUT2D eigenvalue weighted by molar-refractivity contribution is -0.133. The Morgan fingerprint density at radius 2 is 1.63 bits per heavy atom. The molecule has 0 spiro atoms. The van der Waals surface area contributed by atoms with Crippen LogP contribution in [0, 0.1) is 0 Å². The van der Waals surface area contributed by atoms with E-state index in [0.717, 1.165) is 0 Å². The minimum absolute atomic E-state index is 0.0164. The molecule has 2 aromatic rings. The van der Waals surface area contributed by atoms with Crippen molar-refractivity contribution in [3.63, 3.8) is 0 Å². The molecule has 0 aliphatic carbocycles. The summed E-state index contributed by atoms with van der Waals surface area (Å²) in [6.07, 6.45) is -5.95. The molecular weight excluding hydrogens is 428 g/mol. The maximum absolute atomic E-state index is 12.4. The molecule has 0 saturated carbocycles. The second-order valence-electron chi connectivity index (χ2n) is 5.39. The van der Waals surface area contributed by atoms with E-state index in [-0.39, 0.29) is 31.9 Å². The number of rotatable bonds is 4. The van der Waals surface area contributed by atoms with Crippen LogP contribution in [-0.4, -0.2) is 18.1 Å². The van der Waals surface area contributed by atoms with Gasteiger partial charge in [-0.05, 0) is 36.2 Å². The van der Waals surface area contributed by atoms with Gasteiger partial charge in [-0.1, -0.05) is 46.9 Å². The van der Waals surface area contributed by atoms with Crippen LogP contribution in [0.25, 0.3) is 0 Å². The summed E-state index contributed by atoms with van der Waals surface area (Å²) in [6.45, 7) is 0. The third-order valence-corrected chi connectivity index (χ3v) is 4.55.